The van der Waals surface area contributed by atoms with Crippen molar-refractivity contribution < 1.29 is 18.0 Å². The van der Waals surface area contributed by atoms with Crippen LogP contribution in [-0.2, 0) is 14.8 Å². The maximum Gasteiger partial charge on any atom is 0.328 e. The lowest BCUT2D eigenvalue weighted by atomic mass is 10.0. The van der Waals surface area contributed by atoms with Gasteiger partial charge in [-0.2, -0.15) is 5.10 Å². The quantitative estimate of drug-likeness (QED) is 0.757. The van der Waals surface area contributed by atoms with Gasteiger partial charge in [0.05, 0.1) is 16.3 Å². The van der Waals surface area contributed by atoms with Crippen LogP contribution in [0.2, 0.25) is 0 Å². The minimum Gasteiger partial charge on any atom is -0.337 e. The molecule has 0 unspecified atom stereocenters. The number of nitrogens with one attached hydrogen (secondary N) is 2. The fraction of sp³-hybridized carbons (Fsp3) is 0.250. The van der Waals surface area contributed by atoms with E-state index in [1.807, 2.05) is 42.0 Å². The number of rotatable bonds is 6. The number of nitrogens with zero attached hydrogens (tertiary/aromatic N) is 2. The molecule has 0 saturated heterocycles. The molecule has 9 heteroatoms. The number of anilines is 1. The predicted molar refractivity (Wildman–Crippen MR) is 110 cm³/mol. The molecular formula is C20H22N4O4S. The first-order chi connectivity index (χ1) is 13.9. The smallest absolute Gasteiger partial charge is 0.328 e. The van der Waals surface area contributed by atoms with Crippen molar-refractivity contribution in [1.29, 1.82) is 0 Å². The number of hydrazone groups is 1. The first-order valence-corrected chi connectivity index (χ1v) is 10.8. The van der Waals surface area contributed by atoms with E-state index < -0.39 is 16.1 Å². The van der Waals surface area contributed by atoms with Crippen molar-refractivity contribution in [1.82, 2.24) is 10.0 Å². The molecule has 1 heterocycles. The molecule has 1 aliphatic heterocycles. The van der Waals surface area contributed by atoms with Gasteiger partial charge in [0.2, 0.25) is 5.91 Å². The fourth-order valence-electron chi connectivity index (χ4n) is 2.81. The van der Waals surface area contributed by atoms with E-state index in [0.717, 1.165) is 11.3 Å². The standard InChI is InChI=1S/C20H22N4O4S/c1-2-14-21-20(26)23-29(27,28)17-10-8-16(9-11-17)24-19(25)13-12-18(22-24)15-6-4-3-5-7-15/h3-11H,2,12-14H2,1H3,(H2,21,23,26). The van der Waals surface area contributed by atoms with Gasteiger partial charge in [0.25, 0.3) is 10.0 Å². The summed E-state index contributed by atoms with van der Waals surface area (Å²) in [6, 6.07) is 14.5. The van der Waals surface area contributed by atoms with Crippen LogP contribution in [0.1, 0.15) is 31.7 Å². The Morgan fingerprint density at radius 2 is 1.76 bits per heavy atom. The van der Waals surface area contributed by atoms with Crippen molar-refractivity contribution in [2.45, 2.75) is 31.1 Å². The Morgan fingerprint density at radius 1 is 1.07 bits per heavy atom. The van der Waals surface area contributed by atoms with E-state index in [-0.39, 0.29) is 10.8 Å². The Kier molecular flexibility index (Phi) is 6.28. The molecule has 0 atom stereocenters. The number of carbonyl (C=O) groups excluding carboxylic acids is 2. The molecule has 0 spiro atoms. The number of amides is 3. The van der Waals surface area contributed by atoms with Gasteiger partial charge in [0.1, 0.15) is 0 Å². The van der Waals surface area contributed by atoms with E-state index >= 15 is 0 Å². The van der Waals surface area contributed by atoms with E-state index in [1.165, 1.54) is 29.3 Å². The van der Waals surface area contributed by atoms with E-state index in [9.17, 15) is 18.0 Å². The molecule has 0 fully saturated rings. The number of hydrogen-bond acceptors (Lipinski definition) is 5. The van der Waals surface area contributed by atoms with E-state index in [1.54, 1.807) is 0 Å². The molecule has 0 bridgehead atoms. The Bertz CT molecular complexity index is 1020. The average Bonchev–Trinajstić information content (AvgIpc) is 2.73. The molecule has 3 amide bonds. The van der Waals surface area contributed by atoms with E-state index in [4.69, 9.17) is 0 Å². The largest absolute Gasteiger partial charge is 0.337 e. The molecule has 0 aliphatic carbocycles. The molecule has 0 radical (unpaired) electrons. The highest BCUT2D eigenvalue weighted by atomic mass is 32.2. The summed E-state index contributed by atoms with van der Waals surface area (Å²) in [6.45, 7) is 2.24. The van der Waals surface area contributed by atoms with Gasteiger partial charge < -0.3 is 5.32 Å². The molecule has 2 N–H and O–H groups in total. The van der Waals surface area contributed by atoms with E-state index in [0.29, 0.717) is 31.5 Å². The summed E-state index contributed by atoms with van der Waals surface area (Å²) in [5, 5.41) is 8.18. The second kappa shape index (κ2) is 8.87. The highest BCUT2D eigenvalue weighted by Gasteiger charge is 2.24. The van der Waals surface area contributed by atoms with Crippen molar-refractivity contribution >= 4 is 33.4 Å². The molecule has 152 valence electrons. The molecule has 0 saturated carbocycles. The predicted octanol–water partition coefficient (Wildman–Crippen LogP) is 2.62. The second-order valence-corrected chi connectivity index (χ2v) is 8.16. The number of urea groups is 1. The van der Waals surface area contributed by atoms with Crippen LogP contribution in [0.5, 0.6) is 0 Å². The number of sulfonamides is 1. The zero-order valence-electron chi connectivity index (χ0n) is 16.0. The minimum atomic E-state index is -4.01. The van der Waals surface area contributed by atoms with Gasteiger partial charge in [-0.25, -0.2) is 22.9 Å². The average molecular weight is 414 g/mol. The van der Waals surface area contributed by atoms with Crippen molar-refractivity contribution in [3.8, 4) is 0 Å². The maximum atomic E-state index is 12.3. The number of hydrogen-bond donors (Lipinski definition) is 2. The van der Waals surface area contributed by atoms with Gasteiger partial charge in [-0.05, 0) is 36.2 Å². The molecule has 2 aromatic carbocycles. The first-order valence-electron chi connectivity index (χ1n) is 9.27. The van der Waals surface area contributed by atoms with Gasteiger partial charge in [0, 0.05) is 19.4 Å². The lowest BCUT2D eigenvalue weighted by Crippen LogP contribution is -2.39. The Labute approximate surface area is 169 Å². The van der Waals surface area contributed by atoms with Gasteiger partial charge in [-0.1, -0.05) is 37.3 Å². The monoisotopic (exact) mass is 414 g/mol. The summed E-state index contributed by atoms with van der Waals surface area (Å²) in [5.74, 6) is -0.169. The van der Waals surface area contributed by atoms with Crippen LogP contribution < -0.4 is 15.0 Å². The van der Waals surface area contributed by atoms with Gasteiger partial charge >= 0.3 is 6.03 Å². The van der Waals surface area contributed by atoms with Gasteiger partial charge in [-0.3, -0.25) is 4.79 Å². The Morgan fingerprint density at radius 3 is 2.41 bits per heavy atom. The third-order valence-corrected chi connectivity index (χ3v) is 5.64. The normalized spacial score (nSPS) is 14.3. The summed E-state index contributed by atoms with van der Waals surface area (Å²) in [7, 11) is -4.01. The third kappa shape index (κ3) is 5.00. The molecule has 29 heavy (non-hydrogen) atoms. The zero-order chi connectivity index (χ0) is 20.9. The summed E-state index contributed by atoms with van der Waals surface area (Å²) >= 11 is 0. The highest BCUT2D eigenvalue weighted by molar-refractivity contribution is 7.90. The van der Waals surface area contributed by atoms with Crippen LogP contribution in [-0.4, -0.2) is 32.6 Å². The maximum absolute atomic E-state index is 12.3. The number of carbonyl (C=O) groups is 2. The van der Waals surface area contributed by atoms with Gasteiger partial charge in [-0.15, -0.1) is 0 Å². The van der Waals surface area contributed by atoms with Gasteiger partial charge in [0.15, 0.2) is 0 Å². The van der Waals surface area contributed by atoms with E-state index in [2.05, 4.69) is 10.4 Å². The van der Waals surface area contributed by atoms with Crippen LogP contribution in [0.25, 0.3) is 0 Å². The minimum absolute atomic E-state index is 0.0791. The van der Waals surface area contributed by atoms with Crippen molar-refractivity contribution in [3.63, 3.8) is 0 Å². The van der Waals surface area contributed by atoms with Crippen molar-refractivity contribution in [3.05, 3.63) is 60.2 Å². The van der Waals surface area contributed by atoms with Crippen LogP contribution in [0, 0.1) is 0 Å². The Hall–Kier alpha value is -3.20. The summed E-state index contributed by atoms with van der Waals surface area (Å²) < 4.78 is 26.6. The molecule has 8 nitrogen and oxygen atoms in total. The highest BCUT2D eigenvalue weighted by Crippen LogP contribution is 2.24. The molecular weight excluding hydrogens is 392 g/mol. The van der Waals surface area contributed by atoms with Crippen LogP contribution >= 0.6 is 0 Å². The molecule has 2 aromatic rings. The summed E-state index contributed by atoms with van der Waals surface area (Å²) in [4.78, 5) is 23.9. The molecule has 3 rings (SSSR count). The Balaban J connectivity index is 1.80. The second-order valence-electron chi connectivity index (χ2n) is 6.47. The SMILES string of the molecule is CCCNC(=O)NS(=O)(=O)c1ccc(N2N=C(c3ccccc3)CCC2=O)cc1. The van der Waals surface area contributed by atoms with Crippen molar-refractivity contribution in [2.24, 2.45) is 5.10 Å². The topological polar surface area (TPSA) is 108 Å². The zero-order valence-corrected chi connectivity index (χ0v) is 16.8. The fourth-order valence-corrected chi connectivity index (χ4v) is 3.74. The number of benzene rings is 2. The lowest BCUT2D eigenvalue weighted by molar-refractivity contribution is -0.118. The van der Waals surface area contributed by atoms with Crippen molar-refractivity contribution in [2.75, 3.05) is 11.6 Å². The molecule has 1 aliphatic rings. The summed E-state index contributed by atoms with van der Waals surface area (Å²) in [6.07, 6.45) is 1.55. The molecule has 0 aromatic heterocycles. The van der Waals surface area contributed by atoms with Crippen LogP contribution in [0.3, 0.4) is 0 Å². The third-order valence-electron chi connectivity index (χ3n) is 4.29. The van der Waals surface area contributed by atoms with Crippen LogP contribution in [0.4, 0.5) is 10.5 Å². The summed E-state index contributed by atoms with van der Waals surface area (Å²) in [5.41, 5.74) is 2.18. The first kappa shape index (κ1) is 20.5. The van der Waals surface area contributed by atoms with Crippen LogP contribution in [0.15, 0.2) is 64.6 Å². The lowest BCUT2D eigenvalue weighted by Gasteiger charge is -2.24.